The van der Waals surface area contributed by atoms with Crippen LogP contribution in [0.25, 0.3) is 0 Å². The Morgan fingerprint density at radius 3 is 2.31 bits per heavy atom. The van der Waals surface area contributed by atoms with Crippen LogP contribution in [-0.4, -0.2) is 46.7 Å². The van der Waals surface area contributed by atoms with Gasteiger partial charge in [0.15, 0.2) is 0 Å². The van der Waals surface area contributed by atoms with Gasteiger partial charge in [0.2, 0.25) is 11.8 Å². The molecule has 1 unspecified atom stereocenters. The lowest BCUT2D eigenvalue weighted by atomic mass is 9.89. The minimum Gasteiger partial charge on any atom is -0.489 e. The third-order valence-corrected chi connectivity index (χ3v) is 8.22. The lowest BCUT2D eigenvalue weighted by molar-refractivity contribution is -0.136. The molecule has 0 aromatic heterocycles. The third kappa shape index (κ3) is 5.45. The van der Waals surface area contributed by atoms with Gasteiger partial charge < -0.3 is 9.64 Å². The standard InChI is InChI=1S/C32H33N3O4/c36-30-14-13-28(31(37)33-30)35-20-27-26(32(35)38)7-4-8-29(27)39-21-23-11-9-22(10-12-23)19-34-17-15-25(16-18-34)24-5-2-1-3-6-24/h1-12,25,28H,13-21H2,(H,33,36,37). The number of likely N-dealkylation sites (tertiary alicyclic amines) is 1. The summed E-state index contributed by atoms with van der Waals surface area (Å²) >= 11 is 0. The summed E-state index contributed by atoms with van der Waals surface area (Å²) in [4.78, 5) is 41.0. The lowest BCUT2D eigenvalue weighted by Gasteiger charge is -2.32. The summed E-state index contributed by atoms with van der Waals surface area (Å²) in [7, 11) is 0. The Bertz CT molecular complexity index is 1360. The number of benzene rings is 3. The second-order valence-corrected chi connectivity index (χ2v) is 10.7. The Hall–Kier alpha value is -3.97. The van der Waals surface area contributed by atoms with E-state index < -0.39 is 11.9 Å². The van der Waals surface area contributed by atoms with E-state index in [1.54, 1.807) is 11.0 Å². The lowest BCUT2D eigenvalue weighted by Crippen LogP contribution is -2.52. The quantitative estimate of drug-likeness (QED) is 0.465. The molecule has 2 fully saturated rings. The van der Waals surface area contributed by atoms with Gasteiger partial charge in [-0.2, -0.15) is 0 Å². The van der Waals surface area contributed by atoms with E-state index in [-0.39, 0.29) is 18.2 Å². The summed E-state index contributed by atoms with van der Waals surface area (Å²) in [6, 6.07) is 24.2. The van der Waals surface area contributed by atoms with Crippen LogP contribution in [-0.2, 0) is 29.3 Å². The average Bonchev–Trinajstić information content (AvgIpc) is 3.30. The van der Waals surface area contributed by atoms with Crippen LogP contribution in [0.5, 0.6) is 5.75 Å². The summed E-state index contributed by atoms with van der Waals surface area (Å²) in [6.45, 7) is 3.87. The van der Waals surface area contributed by atoms with Crippen LogP contribution in [0, 0.1) is 0 Å². The second kappa shape index (κ2) is 11.0. The van der Waals surface area contributed by atoms with Crippen molar-refractivity contribution in [2.75, 3.05) is 13.1 Å². The Labute approximate surface area is 228 Å². The largest absolute Gasteiger partial charge is 0.489 e. The van der Waals surface area contributed by atoms with Crippen molar-refractivity contribution in [3.8, 4) is 5.75 Å². The first-order chi connectivity index (χ1) is 19.0. The van der Waals surface area contributed by atoms with Gasteiger partial charge in [0, 0.05) is 24.1 Å². The van der Waals surface area contributed by atoms with Crippen molar-refractivity contribution >= 4 is 17.7 Å². The minimum atomic E-state index is -0.632. The summed E-state index contributed by atoms with van der Waals surface area (Å²) < 4.78 is 6.16. The number of carbonyl (C=O) groups is 3. The molecule has 0 aliphatic carbocycles. The molecule has 3 aliphatic heterocycles. The van der Waals surface area contributed by atoms with E-state index in [1.807, 2.05) is 12.1 Å². The molecule has 200 valence electrons. The van der Waals surface area contributed by atoms with Crippen LogP contribution in [0.4, 0.5) is 0 Å². The summed E-state index contributed by atoms with van der Waals surface area (Å²) in [5.74, 6) is 0.425. The number of rotatable bonds is 7. The van der Waals surface area contributed by atoms with Crippen molar-refractivity contribution in [2.24, 2.45) is 0 Å². The topological polar surface area (TPSA) is 79.0 Å². The molecule has 39 heavy (non-hydrogen) atoms. The van der Waals surface area contributed by atoms with Crippen molar-refractivity contribution in [1.82, 2.24) is 15.1 Å². The van der Waals surface area contributed by atoms with E-state index in [2.05, 4.69) is 64.8 Å². The fourth-order valence-corrected chi connectivity index (χ4v) is 6.00. The van der Waals surface area contributed by atoms with Crippen molar-refractivity contribution < 1.29 is 19.1 Å². The monoisotopic (exact) mass is 523 g/mol. The molecule has 1 atom stereocenters. The van der Waals surface area contributed by atoms with Gasteiger partial charge >= 0.3 is 0 Å². The predicted molar refractivity (Wildman–Crippen MR) is 147 cm³/mol. The molecule has 3 aliphatic rings. The predicted octanol–water partition coefficient (Wildman–Crippen LogP) is 4.41. The smallest absolute Gasteiger partial charge is 0.255 e. The molecule has 3 aromatic rings. The zero-order chi connectivity index (χ0) is 26.8. The molecule has 3 heterocycles. The first-order valence-corrected chi connectivity index (χ1v) is 13.8. The number of fused-ring (bicyclic) bond motifs is 1. The van der Waals surface area contributed by atoms with E-state index in [9.17, 15) is 14.4 Å². The molecule has 3 amide bonds. The highest BCUT2D eigenvalue weighted by Crippen LogP contribution is 2.34. The molecule has 6 rings (SSSR count). The molecule has 7 heteroatoms. The van der Waals surface area contributed by atoms with Crippen LogP contribution in [0.15, 0.2) is 72.8 Å². The third-order valence-electron chi connectivity index (χ3n) is 8.22. The van der Waals surface area contributed by atoms with E-state index in [0.717, 1.165) is 30.8 Å². The zero-order valence-electron chi connectivity index (χ0n) is 22.0. The van der Waals surface area contributed by atoms with Crippen LogP contribution < -0.4 is 10.1 Å². The van der Waals surface area contributed by atoms with Gasteiger partial charge in [-0.15, -0.1) is 0 Å². The Balaban J connectivity index is 1.03. The van der Waals surface area contributed by atoms with Crippen LogP contribution in [0.1, 0.15) is 64.2 Å². The van der Waals surface area contributed by atoms with Gasteiger partial charge in [-0.25, -0.2) is 0 Å². The van der Waals surface area contributed by atoms with Crippen molar-refractivity contribution in [3.05, 3.63) is 101 Å². The van der Waals surface area contributed by atoms with E-state index in [0.29, 0.717) is 36.8 Å². The van der Waals surface area contributed by atoms with Gasteiger partial charge in [-0.05, 0) is 67.1 Å². The SMILES string of the molecule is O=C1CCC(N2Cc3c(OCc4ccc(CN5CCC(c6ccccc6)CC5)cc4)cccc3C2=O)C(=O)N1. The number of carbonyl (C=O) groups excluding carboxylic acids is 3. The normalized spacial score (nSPS) is 20.2. The van der Waals surface area contributed by atoms with E-state index >= 15 is 0 Å². The number of hydrogen-bond acceptors (Lipinski definition) is 5. The van der Waals surface area contributed by atoms with Crippen molar-refractivity contribution in [2.45, 2.75) is 57.3 Å². The number of imide groups is 1. The number of amides is 3. The fourth-order valence-electron chi connectivity index (χ4n) is 6.00. The Kier molecular flexibility index (Phi) is 7.16. The molecule has 1 N–H and O–H groups in total. The van der Waals surface area contributed by atoms with Crippen LogP contribution in [0.2, 0.25) is 0 Å². The number of hydrogen-bond donors (Lipinski definition) is 1. The summed E-state index contributed by atoms with van der Waals surface area (Å²) in [5.41, 5.74) is 5.17. The number of nitrogens with one attached hydrogen (secondary N) is 1. The highest BCUT2D eigenvalue weighted by molar-refractivity contribution is 6.05. The van der Waals surface area contributed by atoms with Gasteiger partial charge in [0.25, 0.3) is 5.91 Å². The minimum absolute atomic E-state index is 0.192. The average molecular weight is 524 g/mol. The Morgan fingerprint density at radius 1 is 0.821 bits per heavy atom. The van der Waals surface area contributed by atoms with Gasteiger partial charge in [-0.3, -0.25) is 24.6 Å². The fraction of sp³-hybridized carbons (Fsp3) is 0.344. The molecule has 0 bridgehead atoms. The van der Waals surface area contributed by atoms with Crippen molar-refractivity contribution in [1.29, 1.82) is 0 Å². The zero-order valence-corrected chi connectivity index (χ0v) is 22.0. The number of ether oxygens (including phenoxy) is 1. The van der Waals surface area contributed by atoms with E-state index in [1.165, 1.54) is 24.0 Å². The van der Waals surface area contributed by atoms with Gasteiger partial charge in [-0.1, -0.05) is 60.7 Å². The second-order valence-electron chi connectivity index (χ2n) is 10.7. The maximum Gasteiger partial charge on any atom is 0.255 e. The maximum absolute atomic E-state index is 13.0. The van der Waals surface area contributed by atoms with Crippen LogP contribution in [0.3, 0.4) is 0 Å². The molecule has 0 saturated carbocycles. The van der Waals surface area contributed by atoms with Gasteiger partial charge in [0.05, 0.1) is 6.54 Å². The first kappa shape index (κ1) is 25.3. The van der Waals surface area contributed by atoms with Crippen LogP contribution >= 0.6 is 0 Å². The molecule has 2 saturated heterocycles. The maximum atomic E-state index is 13.0. The molecule has 3 aromatic carbocycles. The molecule has 0 spiro atoms. The van der Waals surface area contributed by atoms with Gasteiger partial charge in [0.1, 0.15) is 18.4 Å². The molecular weight excluding hydrogens is 490 g/mol. The number of piperidine rings is 2. The molecule has 0 radical (unpaired) electrons. The Morgan fingerprint density at radius 2 is 1.56 bits per heavy atom. The molecule has 7 nitrogen and oxygen atoms in total. The summed E-state index contributed by atoms with van der Waals surface area (Å²) in [6.07, 6.45) is 2.97. The van der Waals surface area contributed by atoms with Crippen molar-refractivity contribution in [3.63, 3.8) is 0 Å². The highest BCUT2D eigenvalue weighted by Gasteiger charge is 2.40. The molecular formula is C32H33N3O4. The number of nitrogens with zero attached hydrogens (tertiary/aromatic N) is 2. The highest BCUT2D eigenvalue weighted by atomic mass is 16.5. The summed E-state index contributed by atoms with van der Waals surface area (Å²) in [5, 5.41) is 2.35. The van der Waals surface area contributed by atoms with E-state index in [4.69, 9.17) is 4.74 Å². The first-order valence-electron chi connectivity index (χ1n) is 13.8.